The number of benzene rings is 1. The third-order valence-electron chi connectivity index (χ3n) is 2.89. The van der Waals surface area contributed by atoms with Gasteiger partial charge in [-0.1, -0.05) is 11.6 Å². The maximum atomic E-state index is 13.7. The molecule has 24 heavy (non-hydrogen) atoms. The van der Waals surface area contributed by atoms with E-state index in [1.807, 2.05) is 0 Å². The number of rotatable bonds is 2. The van der Waals surface area contributed by atoms with Crippen molar-refractivity contribution in [3.8, 4) is 0 Å². The van der Waals surface area contributed by atoms with Gasteiger partial charge in [0.1, 0.15) is 16.9 Å². The van der Waals surface area contributed by atoms with E-state index < -0.39 is 52.3 Å². The molecule has 1 aromatic heterocycles. The third-order valence-corrected chi connectivity index (χ3v) is 3.17. The summed E-state index contributed by atoms with van der Waals surface area (Å²) in [6, 6.07) is 0. The lowest BCUT2D eigenvalue weighted by atomic mass is 10.1. The minimum Gasteiger partial charge on any atom is -0.315 e. The van der Waals surface area contributed by atoms with Crippen LogP contribution in [0.1, 0.15) is 16.1 Å². The van der Waals surface area contributed by atoms with Gasteiger partial charge in [0.05, 0.1) is 11.2 Å². The number of aryl methyl sites for hydroxylation is 1. The highest BCUT2D eigenvalue weighted by molar-refractivity contribution is 6.34. The van der Waals surface area contributed by atoms with Gasteiger partial charge in [-0.2, -0.15) is 18.3 Å². The number of nitrogens with one attached hydrogen (secondary N) is 1. The molecule has 1 N–H and O–H groups in total. The van der Waals surface area contributed by atoms with Gasteiger partial charge in [0.2, 0.25) is 0 Å². The molecular formula is C12H5ClF7N3O. The van der Waals surface area contributed by atoms with Gasteiger partial charge in [0.25, 0.3) is 5.91 Å². The molecule has 12 heteroatoms. The van der Waals surface area contributed by atoms with Crippen LogP contribution in [0.2, 0.25) is 5.02 Å². The first-order chi connectivity index (χ1) is 11.0. The molecule has 1 aromatic carbocycles. The van der Waals surface area contributed by atoms with E-state index in [0.717, 1.165) is 10.9 Å². The van der Waals surface area contributed by atoms with E-state index in [1.165, 1.54) is 12.4 Å². The van der Waals surface area contributed by atoms with E-state index in [0.29, 0.717) is 0 Å². The van der Waals surface area contributed by atoms with Crippen LogP contribution in [0.25, 0.3) is 0 Å². The number of alkyl halides is 3. The molecule has 0 aliphatic rings. The lowest BCUT2D eigenvalue weighted by Crippen LogP contribution is -2.22. The van der Waals surface area contributed by atoms with Gasteiger partial charge in [0, 0.05) is 7.05 Å². The fourth-order valence-electron chi connectivity index (χ4n) is 1.83. The van der Waals surface area contributed by atoms with Gasteiger partial charge < -0.3 is 5.32 Å². The van der Waals surface area contributed by atoms with Crippen LogP contribution in [-0.2, 0) is 13.2 Å². The molecule has 0 aliphatic carbocycles. The van der Waals surface area contributed by atoms with Crippen molar-refractivity contribution in [1.29, 1.82) is 0 Å². The number of hydrogen-bond donors (Lipinski definition) is 1. The van der Waals surface area contributed by atoms with Crippen molar-refractivity contribution >= 4 is 23.2 Å². The molecule has 0 radical (unpaired) electrons. The lowest BCUT2D eigenvalue weighted by molar-refractivity contribution is -0.143. The molecule has 4 nitrogen and oxygen atoms in total. The zero-order chi connectivity index (χ0) is 18.4. The molecule has 1 heterocycles. The summed E-state index contributed by atoms with van der Waals surface area (Å²) in [5.41, 5.74) is -4.90. The standard InChI is InChI=1S/C12H5ClF7N3O/c1-23-10(3(13)2-21-23)11(24)22-9-7(16)5(14)4(12(18,19)20)6(15)8(9)17/h2H,1H3,(H,22,24). The van der Waals surface area contributed by atoms with E-state index >= 15 is 0 Å². The molecule has 0 saturated heterocycles. The molecule has 2 aromatic rings. The highest BCUT2D eigenvalue weighted by Gasteiger charge is 2.42. The topological polar surface area (TPSA) is 46.9 Å². The van der Waals surface area contributed by atoms with Gasteiger partial charge in [-0.15, -0.1) is 0 Å². The van der Waals surface area contributed by atoms with Crippen LogP contribution in [0.4, 0.5) is 36.4 Å². The summed E-state index contributed by atoms with van der Waals surface area (Å²) in [6.07, 6.45) is -4.68. The number of carbonyl (C=O) groups excluding carboxylic acids is 1. The molecule has 0 fully saturated rings. The fraction of sp³-hybridized carbons (Fsp3) is 0.167. The van der Waals surface area contributed by atoms with Crippen LogP contribution in [0.15, 0.2) is 6.20 Å². The van der Waals surface area contributed by atoms with Gasteiger partial charge in [0.15, 0.2) is 23.3 Å². The fourth-order valence-corrected chi connectivity index (χ4v) is 2.08. The van der Waals surface area contributed by atoms with Crippen molar-refractivity contribution < 1.29 is 35.5 Å². The summed E-state index contributed by atoms with van der Waals surface area (Å²) >= 11 is 5.60. The number of amides is 1. The van der Waals surface area contributed by atoms with Crippen molar-refractivity contribution in [2.24, 2.45) is 7.05 Å². The van der Waals surface area contributed by atoms with Crippen LogP contribution in [-0.4, -0.2) is 15.7 Å². The second-order valence-electron chi connectivity index (χ2n) is 4.42. The summed E-state index contributed by atoms with van der Waals surface area (Å²) in [7, 11) is 1.22. The van der Waals surface area contributed by atoms with Crippen LogP contribution in [0, 0.1) is 23.3 Å². The summed E-state index contributed by atoms with van der Waals surface area (Å²) in [5.74, 6) is -11.5. The summed E-state index contributed by atoms with van der Waals surface area (Å²) in [4.78, 5) is 11.9. The molecule has 130 valence electrons. The summed E-state index contributed by atoms with van der Waals surface area (Å²) in [5, 5.41) is 4.73. The van der Waals surface area contributed by atoms with Gasteiger partial charge in [-0.25, -0.2) is 17.6 Å². The minimum absolute atomic E-state index is 0.260. The Balaban J connectivity index is 2.55. The number of carbonyl (C=O) groups is 1. The van der Waals surface area contributed by atoms with Gasteiger partial charge >= 0.3 is 6.18 Å². The molecule has 2 rings (SSSR count). The first-order valence-corrected chi connectivity index (χ1v) is 6.26. The van der Waals surface area contributed by atoms with E-state index in [2.05, 4.69) is 5.10 Å². The average Bonchev–Trinajstić information content (AvgIpc) is 2.79. The Kier molecular flexibility index (Phi) is 4.48. The van der Waals surface area contributed by atoms with E-state index in [1.54, 1.807) is 0 Å². The number of anilines is 1. The van der Waals surface area contributed by atoms with E-state index in [-0.39, 0.29) is 5.02 Å². The highest BCUT2D eigenvalue weighted by Crippen LogP contribution is 2.38. The Morgan fingerprint density at radius 3 is 2.00 bits per heavy atom. The number of nitrogens with zero attached hydrogens (tertiary/aromatic N) is 2. The molecule has 0 spiro atoms. The minimum atomic E-state index is -5.68. The lowest BCUT2D eigenvalue weighted by Gasteiger charge is -2.14. The number of aromatic nitrogens is 2. The molecule has 1 amide bonds. The second kappa shape index (κ2) is 5.96. The largest absolute Gasteiger partial charge is 0.422 e. The van der Waals surface area contributed by atoms with Gasteiger partial charge in [-0.3, -0.25) is 9.48 Å². The third kappa shape index (κ3) is 2.90. The second-order valence-corrected chi connectivity index (χ2v) is 4.83. The molecular weight excluding hydrogens is 371 g/mol. The van der Waals surface area contributed by atoms with Crippen molar-refractivity contribution in [3.63, 3.8) is 0 Å². The van der Waals surface area contributed by atoms with E-state index in [4.69, 9.17) is 11.6 Å². The summed E-state index contributed by atoms with van der Waals surface area (Å²) < 4.78 is 92.5. The Morgan fingerprint density at radius 1 is 1.12 bits per heavy atom. The summed E-state index contributed by atoms with van der Waals surface area (Å²) in [6.45, 7) is 0. The van der Waals surface area contributed by atoms with Crippen molar-refractivity contribution in [3.05, 3.63) is 45.7 Å². The molecule has 0 unspecified atom stereocenters. The SMILES string of the molecule is Cn1ncc(Cl)c1C(=O)Nc1c(F)c(F)c(C(F)(F)F)c(F)c1F. The Hall–Kier alpha value is -2.30. The highest BCUT2D eigenvalue weighted by atomic mass is 35.5. The Morgan fingerprint density at radius 2 is 1.62 bits per heavy atom. The average molecular weight is 376 g/mol. The zero-order valence-electron chi connectivity index (χ0n) is 11.4. The Labute approximate surface area is 133 Å². The predicted molar refractivity (Wildman–Crippen MR) is 67.4 cm³/mol. The van der Waals surface area contributed by atoms with Crippen LogP contribution in [0.3, 0.4) is 0 Å². The maximum Gasteiger partial charge on any atom is 0.422 e. The molecule has 0 atom stereocenters. The Bertz CT molecular complexity index is 783. The molecule has 0 aliphatic heterocycles. The predicted octanol–water partition coefficient (Wildman–Crippen LogP) is 3.90. The first-order valence-electron chi connectivity index (χ1n) is 5.88. The zero-order valence-corrected chi connectivity index (χ0v) is 12.2. The van der Waals surface area contributed by atoms with Crippen LogP contribution in [0.5, 0.6) is 0 Å². The quantitative estimate of drug-likeness (QED) is 0.639. The monoisotopic (exact) mass is 375 g/mol. The van der Waals surface area contributed by atoms with Crippen molar-refractivity contribution in [2.45, 2.75) is 6.18 Å². The normalized spacial score (nSPS) is 11.7. The van der Waals surface area contributed by atoms with Crippen molar-refractivity contribution in [2.75, 3.05) is 5.32 Å². The first kappa shape index (κ1) is 18.0. The molecule has 0 bridgehead atoms. The number of hydrogen-bond acceptors (Lipinski definition) is 2. The molecule has 0 saturated carbocycles. The van der Waals surface area contributed by atoms with E-state index in [9.17, 15) is 35.5 Å². The van der Waals surface area contributed by atoms with Gasteiger partial charge in [-0.05, 0) is 0 Å². The number of halogens is 8. The van der Waals surface area contributed by atoms with Crippen LogP contribution < -0.4 is 5.32 Å². The maximum absolute atomic E-state index is 13.7. The van der Waals surface area contributed by atoms with Crippen LogP contribution >= 0.6 is 11.6 Å². The smallest absolute Gasteiger partial charge is 0.315 e. The van der Waals surface area contributed by atoms with Crippen molar-refractivity contribution in [1.82, 2.24) is 9.78 Å².